The van der Waals surface area contributed by atoms with E-state index in [1.807, 2.05) is 0 Å². The molecule has 2 amide bonds. The van der Waals surface area contributed by atoms with Crippen molar-refractivity contribution in [3.63, 3.8) is 0 Å². The van der Waals surface area contributed by atoms with Crippen molar-refractivity contribution in [1.82, 2.24) is 10.7 Å². The van der Waals surface area contributed by atoms with Gasteiger partial charge in [0.25, 0.3) is 0 Å². The van der Waals surface area contributed by atoms with Gasteiger partial charge in [-0.15, -0.1) is 0 Å². The van der Waals surface area contributed by atoms with Crippen LogP contribution in [0.2, 0.25) is 10.0 Å². The molecule has 1 aliphatic carbocycles. The number of ether oxygens (including phenoxy) is 2. The second kappa shape index (κ2) is 9.62. The molecule has 0 aliphatic heterocycles. The number of nitrogens with zero attached hydrogens (tertiary/aromatic N) is 1. The van der Waals surface area contributed by atoms with E-state index in [4.69, 9.17) is 32.7 Å². The zero-order valence-corrected chi connectivity index (χ0v) is 17.1. The number of rotatable bonds is 7. The van der Waals surface area contributed by atoms with Crippen LogP contribution in [0.15, 0.2) is 41.5 Å². The monoisotopic (exact) mass is 435 g/mol. The van der Waals surface area contributed by atoms with E-state index in [-0.39, 0.29) is 12.6 Å². The molecular weight excluding hydrogens is 417 g/mol. The number of methoxy groups -OCH3 is 1. The molecule has 0 bridgehead atoms. The van der Waals surface area contributed by atoms with E-state index in [2.05, 4.69) is 15.8 Å². The second-order valence-electron chi connectivity index (χ2n) is 6.31. The molecule has 29 heavy (non-hydrogen) atoms. The minimum absolute atomic E-state index is 0.0900. The second-order valence-corrected chi connectivity index (χ2v) is 7.13. The van der Waals surface area contributed by atoms with Gasteiger partial charge in [-0.1, -0.05) is 35.3 Å². The first-order valence-electron chi connectivity index (χ1n) is 8.86. The number of carbonyl (C=O) groups is 2. The Morgan fingerprint density at radius 1 is 1.14 bits per heavy atom. The molecule has 2 N–H and O–H groups in total. The number of amides is 2. The van der Waals surface area contributed by atoms with Gasteiger partial charge in [-0.2, -0.15) is 5.10 Å². The summed E-state index contributed by atoms with van der Waals surface area (Å²) < 4.78 is 11.2. The van der Waals surface area contributed by atoms with Crippen LogP contribution in [0.4, 0.5) is 0 Å². The maximum atomic E-state index is 11.8. The molecule has 1 saturated carbocycles. The predicted octanol–water partition coefficient (Wildman–Crippen LogP) is 3.31. The molecule has 1 aliphatic rings. The molecule has 2 aromatic rings. The third-order valence-corrected chi connectivity index (χ3v) is 4.85. The molecule has 2 aromatic carbocycles. The number of nitrogens with one attached hydrogen (secondary N) is 2. The van der Waals surface area contributed by atoms with Crippen LogP contribution >= 0.6 is 23.2 Å². The van der Waals surface area contributed by atoms with Crippen molar-refractivity contribution < 1.29 is 19.1 Å². The number of carbonyl (C=O) groups excluding carboxylic acids is 2. The molecule has 0 saturated heterocycles. The largest absolute Gasteiger partial charge is 0.493 e. The molecule has 0 atom stereocenters. The van der Waals surface area contributed by atoms with E-state index < -0.39 is 11.8 Å². The lowest BCUT2D eigenvalue weighted by Gasteiger charge is -2.14. The van der Waals surface area contributed by atoms with Gasteiger partial charge in [-0.25, -0.2) is 5.43 Å². The van der Waals surface area contributed by atoms with Crippen LogP contribution < -0.4 is 20.2 Å². The van der Waals surface area contributed by atoms with Crippen molar-refractivity contribution in [3.05, 3.63) is 57.6 Å². The van der Waals surface area contributed by atoms with Gasteiger partial charge in [0.2, 0.25) is 0 Å². The van der Waals surface area contributed by atoms with E-state index >= 15 is 0 Å². The molecule has 0 unspecified atom stereocenters. The Labute approximate surface area is 178 Å². The number of hydrogen-bond acceptors (Lipinski definition) is 5. The number of para-hydroxylation sites is 1. The molecule has 0 aromatic heterocycles. The summed E-state index contributed by atoms with van der Waals surface area (Å²) in [6.07, 6.45) is 3.15. The third kappa shape index (κ3) is 5.62. The fourth-order valence-electron chi connectivity index (χ4n) is 2.45. The van der Waals surface area contributed by atoms with Crippen molar-refractivity contribution in [3.8, 4) is 11.5 Å². The summed E-state index contributed by atoms with van der Waals surface area (Å²) in [6, 6.07) is 10.5. The summed E-state index contributed by atoms with van der Waals surface area (Å²) in [5.41, 5.74) is 3.37. The smallest absolute Gasteiger partial charge is 0.329 e. The summed E-state index contributed by atoms with van der Waals surface area (Å²) in [5, 5.41) is 7.40. The summed E-state index contributed by atoms with van der Waals surface area (Å²) in [6.45, 7) is 0.107. The van der Waals surface area contributed by atoms with Crippen molar-refractivity contribution >= 4 is 41.2 Å². The molecule has 152 valence electrons. The summed E-state index contributed by atoms with van der Waals surface area (Å²) in [5.74, 6) is -0.678. The molecule has 0 heterocycles. The van der Waals surface area contributed by atoms with E-state index in [1.54, 1.807) is 36.4 Å². The lowest BCUT2D eigenvalue weighted by atomic mass is 10.2. The molecular formula is C20H19Cl2N3O4. The van der Waals surface area contributed by atoms with Gasteiger partial charge in [-0.3, -0.25) is 9.59 Å². The van der Waals surface area contributed by atoms with Gasteiger partial charge in [0.15, 0.2) is 11.5 Å². The molecule has 0 spiro atoms. The van der Waals surface area contributed by atoms with Gasteiger partial charge >= 0.3 is 11.8 Å². The lowest BCUT2D eigenvalue weighted by Crippen LogP contribution is -2.38. The maximum absolute atomic E-state index is 11.8. The van der Waals surface area contributed by atoms with Gasteiger partial charge in [0.05, 0.1) is 13.3 Å². The Morgan fingerprint density at radius 2 is 1.83 bits per heavy atom. The van der Waals surface area contributed by atoms with Crippen LogP contribution in [0, 0.1) is 0 Å². The first-order valence-corrected chi connectivity index (χ1v) is 9.61. The highest BCUT2D eigenvalue weighted by Crippen LogP contribution is 2.32. The fraction of sp³-hybridized carbons (Fsp3) is 0.250. The predicted molar refractivity (Wildman–Crippen MR) is 111 cm³/mol. The lowest BCUT2D eigenvalue weighted by molar-refractivity contribution is -0.139. The molecule has 1 fully saturated rings. The number of benzene rings is 2. The summed E-state index contributed by atoms with van der Waals surface area (Å²) in [7, 11) is 1.51. The van der Waals surface area contributed by atoms with Gasteiger partial charge in [0, 0.05) is 27.2 Å². The standard InChI is InChI=1S/C20H19Cl2N3O4/c1-28-17-7-2-4-12(10-23-25-20(27)19(26)24-13-8-9-13)18(17)29-11-14-15(21)5-3-6-16(14)22/h2-7,10,13H,8-9,11H2,1H3,(H,24,26)(H,25,27)/b23-10-. The van der Waals surface area contributed by atoms with Gasteiger partial charge < -0.3 is 14.8 Å². The minimum atomic E-state index is -0.832. The minimum Gasteiger partial charge on any atom is -0.493 e. The molecule has 9 heteroatoms. The number of halogens is 2. The Bertz CT molecular complexity index is 925. The quantitative estimate of drug-likeness (QED) is 0.396. The van der Waals surface area contributed by atoms with Crippen LogP contribution in [0.1, 0.15) is 24.0 Å². The Morgan fingerprint density at radius 3 is 2.48 bits per heavy atom. The highest BCUT2D eigenvalue weighted by atomic mass is 35.5. The van der Waals surface area contributed by atoms with E-state index in [9.17, 15) is 9.59 Å². The summed E-state index contributed by atoms with van der Waals surface area (Å²) >= 11 is 12.4. The van der Waals surface area contributed by atoms with Crippen molar-refractivity contribution in [1.29, 1.82) is 0 Å². The maximum Gasteiger partial charge on any atom is 0.329 e. The van der Waals surface area contributed by atoms with Gasteiger partial charge in [0.1, 0.15) is 6.61 Å². The van der Waals surface area contributed by atoms with Crippen LogP contribution in [-0.4, -0.2) is 31.2 Å². The number of hydrazone groups is 1. The van der Waals surface area contributed by atoms with Crippen LogP contribution in [0.3, 0.4) is 0 Å². The molecule has 7 nitrogen and oxygen atoms in total. The first-order chi connectivity index (χ1) is 14.0. The third-order valence-electron chi connectivity index (χ3n) is 4.14. The van der Waals surface area contributed by atoms with Gasteiger partial charge in [-0.05, 0) is 37.1 Å². The fourth-order valence-corrected chi connectivity index (χ4v) is 2.96. The van der Waals surface area contributed by atoms with Crippen molar-refractivity contribution in [2.24, 2.45) is 5.10 Å². The van der Waals surface area contributed by atoms with Crippen LogP contribution in [0.5, 0.6) is 11.5 Å². The van der Waals surface area contributed by atoms with Crippen molar-refractivity contribution in [2.75, 3.05) is 7.11 Å². The highest BCUT2D eigenvalue weighted by molar-refractivity contribution is 6.36. The summed E-state index contributed by atoms with van der Waals surface area (Å²) in [4.78, 5) is 23.4. The Hall–Kier alpha value is -2.77. The topological polar surface area (TPSA) is 89.0 Å². The van der Waals surface area contributed by atoms with Crippen molar-refractivity contribution in [2.45, 2.75) is 25.5 Å². The highest BCUT2D eigenvalue weighted by Gasteiger charge is 2.26. The normalized spacial score (nSPS) is 13.2. The van der Waals surface area contributed by atoms with Crippen LogP contribution in [0.25, 0.3) is 0 Å². The molecule has 3 rings (SSSR count). The first kappa shape index (κ1) is 21.0. The Kier molecular flexibility index (Phi) is 6.95. The molecule has 0 radical (unpaired) electrons. The van der Waals surface area contributed by atoms with Crippen LogP contribution in [-0.2, 0) is 16.2 Å². The number of hydrogen-bond donors (Lipinski definition) is 2. The zero-order valence-electron chi connectivity index (χ0n) is 15.6. The SMILES string of the molecule is COc1cccc(/C=N\NC(=O)C(=O)NC2CC2)c1OCc1c(Cl)cccc1Cl. The Balaban J connectivity index is 1.71. The van der Waals surface area contributed by atoms with E-state index in [0.29, 0.717) is 32.7 Å². The zero-order chi connectivity index (χ0) is 20.8. The average Bonchev–Trinajstić information content (AvgIpc) is 3.52. The van der Waals surface area contributed by atoms with E-state index in [1.165, 1.54) is 13.3 Å². The van der Waals surface area contributed by atoms with E-state index in [0.717, 1.165) is 12.8 Å². The average molecular weight is 436 g/mol.